The molecule has 0 bridgehead atoms. The molecule has 112 valence electrons. The Bertz CT molecular complexity index is 705. The minimum Gasteiger partial charge on any atom is -0.364 e. The number of aromatic amines is 1. The maximum Gasteiger partial charge on any atom is 0.265 e. The van der Waals surface area contributed by atoms with E-state index in [1.807, 2.05) is 26.0 Å². The third kappa shape index (κ3) is 3.46. The minimum absolute atomic E-state index is 0.405. The van der Waals surface area contributed by atoms with E-state index in [1.54, 1.807) is 13.2 Å². The summed E-state index contributed by atoms with van der Waals surface area (Å²) in [6.45, 7) is 4.06. The first-order chi connectivity index (χ1) is 9.93. The molecule has 1 aromatic carbocycles. The number of allylic oxidation sites excluding steroid dienone is 2. The second kappa shape index (κ2) is 6.61. The lowest BCUT2D eigenvalue weighted by Gasteiger charge is -2.14. The average Bonchev–Trinajstić information content (AvgIpc) is 2.78. The van der Waals surface area contributed by atoms with E-state index in [-0.39, 0.29) is 0 Å². The second-order valence-electron chi connectivity index (χ2n) is 4.93. The molecule has 1 unspecified atom stereocenters. The van der Waals surface area contributed by atoms with Gasteiger partial charge in [-0.2, -0.15) is 0 Å². The van der Waals surface area contributed by atoms with Gasteiger partial charge in [-0.3, -0.25) is 4.79 Å². The largest absolute Gasteiger partial charge is 0.364 e. The van der Waals surface area contributed by atoms with Gasteiger partial charge in [0.15, 0.2) is 0 Å². The number of primary amides is 1. The molecule has 0 aliphatic carbocycles. The normalized spacial score (nSPS) is 12.4. The number of aromatic nitrogens is 1. The van der Waals surface area contributed by atoms with Crippen LogP contribution in [0.2, 0.25) is 5.02 Å². The fraction of sp³-hybridized carbons (Fsp3) is 0.267. The number of carbonyl (C=O) groups excluding carboxylic acids is 1. The molecule has 3 N–H and O–H groups in total. The summed E-state index contributed by atoms with van der Waals surface area (Å²) in [6.07, 6.45) is 2.83. The van der Waals surface area contributed by atoms with Gasteiger partial charge in [0.1, 0.15) is 5.69 Å². The highest BCUT2D eigenvalue weighted by Crippen LogP contribution is 2.39. The lowest BCUT2D eigenvalue weighted by molar-refractivity contribution is 0.0997. The first-order valence-electron chi connectivity index (χ1n) is 6.50. The van der Waals surface area contributed by atoms with Gasteiger partial charge in [-0.15, -0.1) is 0 Å². The van der Waals surface area contributed by atoms with Gasteiger partial charge in [0.2, 0.25) is 0 Å². The smallest absolute Gasteiger partial charge is 0.265 e. The van der Waals surface area contributed by atoms with Crippen LogP contribution in [0.15, 0.2) is 29.8 Å². The zero-order valence-electron chi connectivity index (χ0n) is 12.2. The van der Waals surface area contributed by atoms with Crippen LogP contribution in [0.3, 0.4) is 0 Å². The summed E-state index contributed by atoms with van der Waals surface area (Å²) in [5.74, 6) is -0.487. The summed E-state index contributed by atoms with van der Waals surface area (Å²) in [6, 6.07) is 5.46. The molecule has 0 spiro atoms. The SMILES string of the molecule is COP(CC=C(C)C)c1c(C(N)=O)[nH]c2ccc(Cl)cc12. The van der Waals surface area contributed by atoms with Crippen LogP contribution in [0.1, 0.15) is 24.3 Å². The number of nitrogens with two attached hydrogens (primary N) is 1. The predicted octanol–water partition coefficient (Wildman–Crippen LogP) is 3.56. The van der Waals surface area contributed by atoms with E-state index in [0.29, 0.717) is 10.7 Å². The Hall–Kier alpha value is -1.35. The van der Waals surface area contributed by atoms with E-state index in [1.165, 1.54) is 5.57 Å². The lowest BCUT2D eigenvalue weighted by Crippen LogP contribution is -2.20. The van der Waals surface area contributed by atoms with Crippen molar-refractivity contribution in [2.24, 2.45) is 5.73 Å². The van der Waals surface area contributed by atoms with Crippen LogP contribution in [0, 0.1) is 0 Å². The quantitative estimate of drug-likeness (QED) is 0.652. The summed E-state index contributed by atoms with van der Waals surface area (Å²) < 4.78 is 5.63. The van der Waals surface area contributed by atoms with Crippen molar-refractivity contribution in [1.82, 2.24) is 4.98 Å². The number of rotatable bonds is 5. The van der Waals surface area contributed by atoms with Gasteiger partial charge in [0.05, 0.1) is 8.15 Å². The number of benzene rings is 1. The van der Waals surface area contributed by atoms with Crippen LogP contribution in [0.4, 0.5) is 0 Å². The Morgan fingerprint density at radius 1 is 1.48 bits per heavy atom. The molecule has 0 fully saturated rings. The molecule has 0 radical (unpaired) electrons. The third-order valence-corrected chi connectivity index (χ3v) is 5.27. The van der Waals surface area contributed by atoms with Crippen molar-refractivity contribution in [2.75, 3.05) is 13.3 Å². The van der Waals surface area contributed by atoms with Crippen molar-refractivity contribution in [2.45, 2.75) is 13.8 Å². The Labute approximate surface area is 130 Å². The standard InChI is InChI=1S/C15H18ClN2O2P/c1-9(2)6-7-21(20-3)14-11-8-10(16)4-5-12(11)18-13(14)15(17)19/h4-6,8,18H,7H2,1-3H3,(H2,17,19). The lowest BCUT2D eigenvalue weighted by atomic mass is 10.2. The summed E-state index contributed by atoms with van der Waals surface area (Å²) in [7, 11) is 0.670. The molecule has 0 aliphatic rings. The van der Waals surface area contributed by atoms with E-state index in [4.69, 9.17) is 21.9 Å². The first-order valence-corrected chi connectivity index (χ1v) is 8.32. The van der Waals surface area contributed by atoms with Crippen molar-refractivity contribution >= 4 is 41.9 Å². The predicted molar refractivity (Wildman–Crippen MR) is 89.7 cm³/mol. The highest BCUT2D eigenvalue weighted by atomic mass is 35.5. The number of amides is 1. The first kappa shape index (κ1) is 16.0. The van der Waals surface area contributed by atoms with Crippen LogP contribution < -0.4 is 11.0 Å². The van der Waals surface area contributed by atoms with Crippen LogP contribution in [-0.2, 0) is 4.52 Å². The van der Waals surface area contributed by atoms with Crippen molar-refractivity contribution in [3.8, 4) is 0 Å². The van der Waals surface area contributed by atoms with Crippen LogP contribution in [0.25, 0.3) is 10.9 Å². The Balaban J connectivity index is 2.62. The van der Waals surface area contributed by atoms with E-state index < -0.39 is 14.1 Å². The topological polar surface area (TPSA) is 68.1 Å². The molecule has 21 heavy (non-hydrogen) atoms. The van der Waals surface area contributed by atoms with Crippen molar-refractivity contribution in [1.29, 1.82) is 0 Å². The van der Waals surface area contributed by atoms with Gasteiger partial charge in [0.25, 0.3) is 5.91 Å². The number of halogens is 1. The molecular formula is C15H18ClN2O2P. The van der Waals surface area contributed by atoms with Gasteiger partial charge < -0.3 is 15.2 Å². The van der Waals surface area contributed by atoms with Gasteiger partial charge in [0, 0.05) is 34.5 Å². The van der Waals surface area contributed by atoms with E-state index in [9.17, 15) is 4.79 Å². The van der Waals surface area contributed by atoms with Gasteiger partial charge in [-0.1, -0.05) is 23.3 Å². The van der Waals surface area contributed by atoms with Gasteiger partial charge >= 0.3 is 0 Å². The molecule has 1 heterocycles. The monoisotopic (exact) mass is 324 g/mol. The molecule has 0 saturated heterocycles. The summed E-state index contributed by atoms with van der Waals surface area (Å²) in [5, 5.41) is 2.34. The maximum atomic E-state index is 11.7. The molecule has 0 aliphatic heterocycles. The third-order valence-electron chi connectivity index (χ3n) is 3.11. The highest BCUT2D eigenvalue weighted by molar-refractivity contribution is 7.61. The number of hydrogen-bond acceptors (Lipinski definition) is 2. The van der Waals surface area contributed by atoms with Gasteiger partial charge in [-0.05, 0) is 32.0 Å². The fourth-order valence-corrected chi connectivity index (χ4v) is 4.20. The number of fused-ring (bicyclic) bond motifs is 1. The Kier molecular flexibility index (Phi) is 5.04. The molecule has 6 heteroatoms. The Morgan fingerprint density at radius 2 is 2.19 bits per heavy atom. The summed E-state index contributed by atoms with van der Waals surface area (Å²) >= 11 is 6.08. The molecule has 0 saturated carbocycles. The highest BCUT2D eigenvalue weighted by Gasteiger charge is 2.23. The Morgan fingerprint density at radius 3 is 2.76 bits per heavy atom. The van der Waals surface area contributed by atoms with Crippen molar-refractivity contribution in [3.63, 3.8) is 0 Å². The minimum atomic E-state index is -0.982. The number of hydrogen-bond donors (Lipinski definition) is 2. The molecule has 1 aromatic heterocycles. The summed E-state index contributed by atoms with van der Waals surface area (Å²) in [5.41, 5.74) is 7.95. The molecule has 1 atom stereocenters. The van der Waals surface area contributed by atoms with Crippen LogP contribution >= 0.6 is 19.7 Å². The van der Waals surface area contributed by atoms with Gasteiger partial charge in [-0.25, -0.2) is 0 Å². The number of H-pyrrole nitrogens is 1. The molecule has 4 nitrogen and oxygen atoms in total. The van der Waals surface area contributed by atoms with E-state index in [0.717, 1.165) is 22.4 Å². The molecule has 1 amide bonds. The molecule has 2 rings (SSSR count). The fourth-order valence-electron chi connectivity index (χ4n) is 2.11. The van der Waals surface area contributed by atoms with E-state index >= 15 is 0 Å². The summed E-state index contributed by atoms with van der Waals surface area (Å²) in [4.78, 5) is 14.8. The number of carbonyl (C=O) groups is 1. The van der Waals surface area contributed by atoms with Crippen LogP contribution in [-0.4, -0.2) is 24.2 Å². The molecular weight excluding hydrogens is 307 g/mol. The zero-order valence-corrected chi connectivity index (χ0v) is 13.9. The molecule has 2 aromatic rings. The average molecular weight is 325 g/mol. The van der Waals surface area contributed by atoms with E-state index in [2.05, 4.69) is 11.1 Å². The number of nitrogens with one attached hydrogen (secondary N) is 1. The van der Waals surface area contributed by atoms with Crippen molar-refractivity contribution in [3.05, 3.63) is 40.6 Å². The second-order valence-corrected chi connectivity index (χ2v) is 7.30. The maximum absolute atomic E-state index is 11.7. The zero-order chi connectivity index (χ0) is 15.6. The van der Waals surface area contributed by atoms with Crippen molar-refractivity contribution < 1.29 is 9.32 Å². The van der Waals surface area contributed by atoms with Crippen LogP contribution in [0.5, 0.6) is 0 Å².